The highest BCUT2D eigenvalue weighted by molar-refractivity contribution is 7.89. The van der Waals surface area contributed by atoms with Gasteiger partial charge in [0.2, 0.25) is 16.8 Å². The molecule has 4 rings (SSSR count). The summed E-state index contributed by atoms with van der Waals surface area (Å²) >= 11 is 0. The van der Waals surface area contributed by atoms with Crippen molar-refractivity contribution in [2.75, 3.05) is 59.0 Å². The number of hydrogen-bond donors (Lipinski definition) is 1. The number of carboxylic acids is 1. The van der Waals surface area contributed by atoms with Gasteiger partial charge in [-0.2, -0.15) is 13.2 Å². The molecule has 0 saturated carbocycles. The summed E-state index contributed by atoms with van der Waals surface area (Å²) in [5.41, 5.74) is 1.04. The lowest BCUT2D eigenvalue weighted by Crippen LogP contribution is -2.41. The van der Waals surface area contributed by atoms with Gasteiger partial charge < -0.3 is 24.1 Å². The second kappa shape index (κ2) is 13.7. The number of fused-ring (bicyclic) bond motifs is 1. The van der Waals surface area contributed by atoms with Gasteiger partial charge in [0.15, 0.2) is 23.1 Å². The van der Waals surface area contributed by atoms with Crippen LogP contribution >= 0.6 is 0 Å². The predicted molar refractivity (Wildman–Crippen MR) is 146 cm³/mol. The molecule has 0 aromatic heterocycles. The Balaban J connectivity index is 1.61. The zero-order valence-corrected chi connectivity index (χ0v) is 24.5. The third-order valence-electron chi connectivity index (χ3n) is 7.48. The van der Waals surface area contributed by atoms with Gasteiger partial charge in [0, 0.05) is 38.1 Å². The fraction of sp³-hybridized carbons (Fsp3) is 0.536. The summed E-state index contributed by atoms with van der Waals surface area (Å²) in [4.78, 5) is 14.6. The van der Waals surface area contributed by atoms with Gasteiger partial charge in [-0.3, -0.25) is 9.69 Å². The number of carboxylic acid groups (broad SMARTS) is 1. The lowest BCUT2D eigenvalue weighted by atomic mass is 9.82. The number of nitrogens with zero attached hydrogens (tertiary/aromatic N) is 2. The van der Waals surface area contributed by atoms with Crippen molar-refractivity contribution in [3.63, 3.8) is 0 Å². The van der Waals surface area contributed by atoms with E-state index in [0.29, 0.717) is 29.0 Å². The fourth-order valence-electron chi connectivity index (χ4n) is 5.57. The van der Waals surface area contributed by atoms with Gasteiger partial charge >= 0.3 is 12.1 Å². The quantitative estimate of drug-likeness (QED) is 0.243. The van der Waals surface area contributed by atoms with Crippen molar-refractivity contribution in [3.8, 4) is 17.2 Å². The first-order valence-electron chi connectivity index (χ1n) is 13.7. The monoisotopic (exact) mass is 634 g/mol. The lowest BCUT2D eigenvalue weighted by molar-refractivity contribution is -0.172. The molecule has 2 aromatic carbocycles. The highest BCUT2D eigenvalue weighted by Gasteiger charge is 2.48. The molecule has 1 fully saturated rings. The SMILES string of the molecule is CCCN(CCN1CC(c2ccc3c(c2)OCO3)C(C(=O)O)C1c1ccc(OC)c(F)c1)S(=O)(=O)CCOCC(F)(F)F. The minimum atomic E-state index is -4.58. The smallest absolute Gasteiger partial charge is 0.411 e. The van der Waals surface area contributed by atoms with Gasteiger partial charge in [0.1, 0.15) is 6.61 Å². The standard InChI is InChI=1S/C28H34F4N2O8S/c1-3-8-34(43(37,38)12-11-40-16-28(30,31)32)10-9-33-15-20(18-4-7-23-24(14-18)42-17-41-23)25(27(35)36)26(33)19-5-6-22(39-2)21(29)13-19/h4-7,13-14,20,25-26H,3,8-12,15-17H2,1-2H3,(H,35,36). The van der Waals surface area contributed by atoms with E-state index in [0.717, 1.165) is 0 Å². The second-order valence-electron chi connectivity index (χ2n) is 10.3. The summed E-state index contributed by atoms with van der Waals surface area (Å²) < 4.78 is 99.8. The highest BCUT2D eigenvalue weighted by atomic mass is 32.2. The number of sulfonamides is 1. The van der Waals surface area contributed by atoms with Crippen LogP contribution in [0.3, 0.4) is 0 Å². The number of methoxy groups -OCH3 is 1. The zero-order valence-electron chi connectivity index (χ0n) is 23.7. The van der Waals surface area contributed by atoms with Crippen molar-refractivity contribution in [2.45, 2.75) is 31.5 Å². The molecule has 2 aliphatic rings. The number of rotatable bonds is 14. The summed E-state index contributed by atoms with van der Waals surface area (Å²) in [5, 5.41) is 10.4. The number of hydrogen-bond acceptors (Lipinski definition) is 8. The predicted octanol–water partition coefficient (Wildman–Crippen LogP) is 4.03. The van der Waals surface area contributed by atoms with Gasteiger partial charge in [-0.25, -0.2) is 17.1 Å². The first-order chi connectivity index (χ1) is 20.3. The molecule has 1 N–H and O–H groups in total. The number of halogens is 4. The Kier molecular flexibility index (Phi) is 10.4. The molecular formula is C28H34F4N2O8S. The first-order valence-corrected chi connectivity index (χ1v) is 15.3. The second-order valence-corrected chi connectivity index (χ2v) is 12.4. The van der Waals surface area contributed by atoms with Crippen molar-refractivity contribution in [3.05, 3.63) is 53.3 Å². The van der Waals surface area contributed by atoms with Crippen LogP contribution in [-0.2, 0) is 19.6 Å². The molecule has 0 aliphatic carbocycles. The molecule has 0 amide bonds. The molecule has 238 valence electrons. The third-order valence-corrected chi connectivity index (χ3v) is 9.31. The molecule has 10 nitrogen and oxygen atoms in total. The van der Waals surface area contributed by atoms with Crippen molar-refractivity contribution < 1.29 is 54.8 Å². The van der Waals surface area contributed by atoms with Crippen molar-refractivity contribution in [2.24, 2.45) is 5.92 Å². The topological polar surface area (TPSA) is 115 Å². The Morgan fingerprint density at radius 1 is 1.12 bits per heavy atom. The number of alkyl halides is 3. The Bertz CT molecular complexity index is 1390. The number of benzene rings is 2. The fourth-order valence-corrected chi connectivity index (χ4v) is 6.97. The Labute approximate surface area is 247 Å². The maximum atomic E-state index is 14.8. The van der Waals surface area contributed by atoms with Crippen LogP contribution in [0.1, 0.15) is 36.4 Å². The third kappa shape index (κ3) is 7.88. The zero-order chi connectivity index (χ0) is 31.4. The maximum absolute atomic E-state index is 14.8. The molecule has 2 aromatic rings. The average Bonchev–Trinajstić information content (AvgIpc) is 3.57. The number of ether oxygens (including phenoxy) is 4. The minimum Gasteiger partial charge on any atom is -0.494 e. The maximum Gasteiger partial charge on any atom is 0.411 e. The van der Waals surface area contributed by atoms with Crippen molar-refractivity contribution >= 4 is 16.0 Å². The van der Waals surface area contributed by atoms with E-state index in [1.165, 1.54) is 23.5 Å². The molecule has 1 saturated heterocycles. The van der Waals surface area contributed by atoms with Crippen LogP contribution in [0.25, 0.3) is 0 Å². The Morgan fingerprint density at radius 3 is 2.49 bits per heavy atom. The van der Waals surface area contributed by atoms with Crippen LogP contribution in [0.2, 0.25) is 0 Å². The molecule has 15 heteroatoms. The molecule has 0 bridgehead atoms. The van der Waals surface area contributed by atoms with Crippen molar-refractivity contribution in [1.82, 2.24) is 9.21 Å². The van der Waals surface area contributed by atoms with Crippen LogP contribution in [0.4, 0.5) is 17.6 Å². The van der Waals surface area contributed by atoms with Gasteiger partial charge in [-0.1, -0.05) is 19.1 Å². The summed E-state index contributed by atoms with van der Waals surface area (Å²) in [6, 6.07) is 8.52. The Hall–Kier alpha value is -3.14. The molecular weight excluding hydrogens is 600 g/mol. The van der Waals surface area contributed by atoms with E-state index in [1.807, 2.05) is 0 Å². The summed E-state index contributed by atoms with van der Waals surface area (Å²) in [7, 11) is -2.69. The average molecular weight is 635 g/mol. The minimum absolute atomic E-state index is 0.0135. The summed E-state index contributed by atoms with van der Waals surface area (Å²) in [6.07, 6.45) is -4.14. The van der Waals surface area contributed by atoms with Crippen LogP contribution < -0.4 is 14.2 Å². The highest BCUT2D eigenvalue weighted by Crippen LogP contribution is 2.48. The normalized spacial score (nSPS) is 20.6. The molecule has 3 atom stereocenters. The first kappa shape index (κ1) is 32.8. The summed E-state index contributed by atoms with van der Waals surface area (Å²) in [6.45, 7) is -0.0769. The number of likely N-dealkylation sites (tertiary alicyclic amines) is 1. The van der Waals surface area contributed by atoms with E-state index in [-0.39, 0.29) is 38.7 Å². The molecule has 2 aliphatic heterocycles. The van der Waals surface area contributed by atoms with E-state index in [2.05, 4.69) is 4.74 Å². The van der Waals surface area contributed by atoms with Crippen molar-refractivity contribution in [1.29, 1.82) is 0 Å². The van der Waals surface area contributed by atoms with E-state index in [4.69, 9.17) is 14.2 Å². The van der Waals surface area contributed by atoms with E-state index < -0.39 is 64.8 Å². The van der Waals surface area contributed by atoms with E-state index in [9.17, 15) is 35.9 Å². The molecule has 3 unspecified atom stereocenters. The number of aliphatic carboxylic acids is 1. The van der Waals surface area contributed by atoms with Crippen LogP contribution in [0.5, 0.6) is 17.2 Å². The summed E-state index contributed by atoms with van der Waals surface area (Å²) in [5.74, 6) is -3.07. The largest absolute Gasteiger partial charge is 0.494 e. The van der Waals surface area contributed by atoms with Crippen LogP contribution in [0.15, 0.2) is 36.4 Å². The van der Waals surface area contributed by atoms with E-state index in [1.54, 1.807) is 36.1 Å². The molecule has 43 heavy (non-hydrogen) atoms. The van der Waals surface area contributed by atoms with Gasteiger partial charge in [0.25, 0.3) is 0 Å². The Morgan fingerprint density at radius 2 is 1.84 bits per heavy atom. The number of carbonyl (C=O) groups is 1. The molecule has 2 heterocycles. The lowest BCUT2D eigenvalue weighted by Gasteiger charge is -2.30. The van der Waals surface area contributed by atoms with Crippen LogP contribution in [0, 0.1) is 11.7 Å². The van der Waals surface area contributed by atoms with Gasteiger partial charge in [-0.15, -0.1) is 0 Å². The van der Waals surface area contributed by atoms with E-state index >= 15 is 0 Å². The molecule has 0 spiro atoms. The van der Waals surface area contributed by atoms with Gasteiger partial charge in [0.05, 0.1) is 25.4 Å². The van der Waals surface area contributed by atoms with Crippen LogP contribution in [-0.4, -0.2) is 93.9 Å². The van der Waals surface area contributed by atoms with Gasteiger partial charge in [-0.05, 0) is 41.8 Å². The molecule has 0 radical (unpaired) electrons.